The van der Waals surface area contributed by atoms with Gasteiger partial charge < -0.3 is 5.43 Å². The number of nitrogens with two attached hydrogens (primary N) is 1. The fourth-order valence-electron chi connectivity index (χ4n) is 1.32. The lowest BCUT2D eigenvalue weighted by molar-refractivity contribution is 0.739. The first-order valence-electron chi connectivity index (χ1n) is 4.54. The number of hydrazine groups is 1. The maximum absolute atomic E-state index is 5.43. The Morgan fingerprint density at radius 2 is 2.46 bits per heavy atom. The minimum absolute atomic E-state index is 0.162. The van der Waals surface area contributed by atoms with Gasteiger partial charge in [0, 0.05) is 17.5 Å². The van der Waals surface area contributed by atoms with Gasteiger partial charge in [0.2, 0.25) is 0 Å². The topological polar surface area (TPSA) is 62.8 Å². The van der Waals surface area contributed by atoms with Crippen molar-refractivity contribution in [3.63, 3.8) is 0 Å². The van der Waals surface area contributed by atoms with Gasteiger partial charge in [-0.25, -0.2) is 4.99 Å². The van der Waals surface area contributed by atoms with Crippen LogP contribution in [0.2, 0.25) is 0 Å². The van der Waals surface area contributed by atoms with Crippen molar-refractivity contribution in [1.29, 1.82) is 0 Å². The first kappa shape index (κ1) is 9.92. The second kappa shape index (κ2) is 4.77. The van der Waals surface area contributed by atoms with E-state index in [4.69, 9.17) is 5.84 Å². The summed E-state index contributed by atoms with van der Waals surface area (Å²) in [5, 5.41) is 0. The molecule has 0 fully saturated rings. The molecule has 0 bridgehead atoms. The highest BCUT2D eigenvalue weighted by atomic mass is 15.2. The molecule has 1 rings (SSSR count). The van der Waals surface area contributed by atoms with Crippen LogP contribution in [0.5, 0.6) is 0 Å². The van der Waals surface area contributed by atoms with Crippen molar-refractivity contribution in [2.24, 2.45) is 15.8 Å². The highest BCUT2D eigenvalue weighted by Crippen LogP contribution is 2.14. The zero-order valence-corrected chi connectivity index (χ0v) is 8.12. The first-order valence-corrected chi connectivity index (χ1v) is 4.54. The van der Waals surface area contributed by atoms with Crippen LogP contribution in [0, 0.1) is 0 Å². The summed E-state index contributed by atoms with van der Waals surface area (Å²) in [6.45, 7) is 4.15. The number of rotatable bonds is 3. The van der Waals surface area contributed by atoms with Crippen LogP contribution in [-0.4, -0.2) is 18.6 Å². The normalized spacial score (nSPS) is 24.7. The third-order valence-corrected chi connectivity index (χ3v) is 2.04. The Balaban J connectivity index is 2.86. The Morgan fingerprint density at radius 3 is 3.00 bits per heavy atom. The Kier molecular flexibility index (Phi) is 3.64. The van der Waals surface area contributed by atoms with E-state index in [1.54, 1.807) is 6.34 Å². The van der Waals surface area contributed by atoms with Gasteiger partial charge in [0.25, 0.3) is 0 Å². The Hall–Kier alpha value is -1.16. The van der Waals surface area contributed by atoms with Gasteiger partial charge in [0.1, 0.15) is 6.34 Å². The largest absolute Gasteiger partial charge is 0.328 e. The highest BCUT2D eigenvalue weighted by Gasteiger charge is 2.12. The first-order chi connectivity index (χ1) is 6.29. The lowest BCUT2D eigenvalue weighted by atomic mass is 10.0. The van der Waals surface area contributed by atoms with Crippen LogP contribution in [0.1, 0.15) is 26.7 Å². The predicted molar refractivity (Wildman–Crippen MR) is 55.7 cm³/mol. The molecule has 4 nitrogen and oxygen atoms in total. The molecule has 1 unspecified atom stereocenters. The Bertz CT molecular complexity index is 252. The zero-order valence-electron chi connectivity index (χ0n) is 8.12. The van der Waals surface area contributed by atoms with Gasteiger partial charge >= 0.3 is 0 Å². The van der Waals surface area contributed by atoms with Crippen LogP contribution in [0.4, 0.5) is 0 Å². The van der Waals surface area contributed by atoms with E-state index in [-0.39, 0.29) is 6.04 Å². The molecule has 0 aromatic rings. The Morgan fingerprint density at radius 1 is 1.69 bits per heavy atom. The van der Waals surface area contributed by atoms with Crippen LogP contribution in [0.25, 0.3) is 0 Å². The molecule has 1 heterocycles. The third-order valence-electron chi connectivity index (χ3n) is 2.04. The molecule has 3 N–H and O–H groups in total. The van der Waals surface area contributed by atoms with Crippen molar-refractivity contribution in [2.75, 3.05) is 0 Å². The lowest BCUT2D eigenvalue weighted by Gasteiger charge is -2.15. The number of nitrogens with zero attached hydrogens (tertiary/aromatic N) is 2. The summed E-state index contributed by atoms with van der Waals surface area (Å²) in [6.07, 6.45) is 5.40. The molecule has 0 saturated heterocycles. The highest BCUT2D eigenvalue weighted by molar-refractivity contribution is 5.89. The van der Waals surface area contributed by atoms with Gasteiger partial charge in [0.15, 0.2) is 0 Å². The van der Waals surface area contributed by atoms with E-state index in [0.29, 0.717) is 0 Å². The van der Waals surface area contributed by atoms with Crippen molar-refractivity contribution in [1.82, 2.24) is 5.43 Å². The van der Waals surface area contributed by atoms with Gasteiger partial charge in [0.05, 0.1) is 6.04 Å². The summed E-state index contributed by atoms with van der Waals surface area (Å²) < 4.78 is 0. The molecular formula is C9H16N4. The van der Waals surface area contributed by atoms with Crippen molar-refractivity contribution in [2.45, 2.75) is 32.7 Å². The number of aliphatic imine (C=N–C) groups is 2. The van der Waals surface area contributed by atoms with Gasteiger partial charge in [-0.15, -0.1) is 0 Å². The molecule has 0 amide bonds. The number of hydrogen-bond acceptors (Lipinski definition) is 4. The average Bonchev–Trinajstić information content (AvgIpc) is 2.16. The van der Waals surface area contributed by atoms with E-state index in [0.717, 1.165) is 24.1 Å². The molecule has 0 spiro atoms. The van der Waals surface area contributed by atoms with E-state index in [1.807, 2.05) is 13.1 Å². The van der Waals surface area contributed by atoms with Crippen LogP contribution in [0.15, 0.2) is 21.3 Å². The number of nitrogens with one attached hydrogen (secondary N) is 1. The molecule has 1 aliphatic heterocycles. The monoisotopic (exact) mass is 180 g/mol. The standard InChI is InChI=1S/C9H16N4/c1-3-4-9(13-10)8-5-11-6-12-7(8)2/h5-7,13H,3-4,10H2,1-2H3/b9-8-. The molecule has 0 aliphatic carbocycles. The minimum atomic E-state index is 0.162. The molecule has 0 aromatic heterocycles. The van der Waals surface area contributed by atoms with Crippen LogP contribution < -0.4 is 11.3 Å². The molecular weight excluding hydrogens is 164 g/mol. The fourth-order valence-corrected chi connectivity index (χ4v) is 1.32. The maximum Gasteiger partial charge on any atom is 0.110 e. The molecule has 0 aromatic carbocycles. The van der Waals surface area contributed by atoms with Crippen molar-refractivity contribution in [3.8, 4) is 0 Å². The zero-order chi connectivity index (χ0) is 9.68. The summed E-state index contributed by atoms with van der Waals surface area (Å²) in [7, 11) is 0. The summed E-state index contributed by atoms with van der Waals surface area (Å²) in [5.41, 5.74) is 4.84. The second-order valence-electron chi connectivity index (χ2n) is 3.05. The average molecular weight is 180 g/mol. The quantitative estimate of drug-likeness (QED) is 0.503. The second-order valence-corrected chi connectivity index (χ2v) is 3.05. The number of hydrogen-bond donors (Lipinski definition) is 2. The smallest absolute Gasteiger partial charge is 0.110 e. The van der Waals surface area contributed by atoms with Gasteiger partial charge in [-0.1, -0.05) is 13.3 Å². The molecule has 1 atom stereocenters. The van der Waals surface area contributed by atoms with Crippen LogP contribution in [0.3, 0.4) is 0 Å². The van der Waals surface area contributed by atoms with E-state index in [2.05, 4.69) is 22.3 Å². The SMILES string of the molecule is CCC/C(NN)=C1\C=NC=NC1C. The molecule has 13 heavy (non-hydrogen) atoms. The van der Waals surface area contributed by atoms with Crippen LogP contribution in [-0.2, 0) is 0 Å². The van der Waals surface area contributed by atoms with Gasteiger partial charge in [-0.2, -0.15) is 0 Å². The van der Waals surface area contributed by atoms with Crippen molar-refractivity contribution < 1.29 is 0 Å². The van der Waals surface area contributed by atoms with Gasteiger partial charge in [-0.3, -0.25) is 10.8 Å². The third kappa shape index (κ3) is 2.39. The van der Waals surface area contributed by atoms with Crippen LogP contribution >= 0.6 is 0 Å². The minimum Gasteiger partial charge on any atom is -0.328 e. The predicted octanol–water partition coefficient (Wildman–Crippen LogP) is 1.01. The van der Waals surface area contributed by atoms with Gasteiger partial charge in [-0.05, 0) is 13.3 Å². The van der Waals surface area contributed by atoms with E-state index >= 15 is 0 Å². The Labute approximate surface area is 78.6 Å². The van der Waals surface area contributed by atoms with Crippen molar-refractivity contribution in [3.05, 3.63) is 11.3 Å². The molecule has 0 radical (unpaired) electrons. The molecule has 0 saturated carbocycles. The molecule has 1 aliphatic rings. The van der Waals surface area contributed by atoms with E-state index < -0.39 is 0 Å². The number of allylic oxidation sites excluding steroid dienone is 1. The maximum atomic E-state index is 5.43. The molecule has 4 heteroatoms. The summed E-state index contributed by atoms with van der Waals surface area (Å²) >= 11 is 0. The van der Waals surface area contributed by atoms with Crippen molar-refractivity contribution >= 4 is 12.6 Å². The summed E-state index contributed by atoms with van der Waals surface area (Å²) in [6, 6.07) is 0.162. The summed E-state index contributed by atoms with van der Waals surface area (Å²) in [5.74, 6) is 5.43. The lowest BCUT2D eigenvalue weighted by Crippen LogP contribution is -2.26. The van der Waals surface area contributed by atoms with E-state index in [1.165, 1.54) is 0 Å². The van der Waals surface area contributed by atoms with E-state index in [9.17, 15) is 0 Å². The summed E-state index contributed by atoms with van der Waals surface area (Å²) in [4.78, 5) is 8.18. The molecule has 72 valence electrons. The fraction of sp³-hybridized carbons (Fsp3) is 0.556.